The third-order valence-electron chi connectivity index (χ3n) is 5.72. The van der Waals surface area contributed by atoms with Crippen LogP contribution < -0.4 is 9.64 Å². The molecule has 4 heterocycles. The van der Waals surface area contributed by atoms with Crippen molar-refractivity contribution in [2.24, 2.45) is 0 Å². The highest BCUT2D eigenvalue weighted by Crippen LogP contribution is 2.29. The van der Waals surface area contributed by atoms with E-state index in [4.69, 9.17) is 9.72 Å². The number of benzene rings is 2. The fourth-order valence-corrected chi connectivity index (χ4v) is 3.97. The van der Waals surface area contributed by atoms with E-state index in [0.717, 1.165) is 35.3 Å². The summed E-state index contributed by atoms with van der Waals surface area (Å²) < 4.78 is 5.35. The molecule has 0 spiro atoms. The largest absolute Gasteiger partial charge is 0.497 e. The molecular weight excluding hydrogens is 426 g/mol. The molecule has 0 aliphatic carbocycles. The monoisotopic (exact) mass is 445 g/mol. The van der Waals surface area contributed by atoms with E-state index in [1.807, 2.05) is 30.3 Å². The molecule has 0 fully saturated rings. The molecule has 2 aromatic carbocycles. The van der Waals surface area contributed by atoms with Crippen LogP contribution in [0, 0.1) is 11.8 Å². The Morgan fingerprint density at radius 1 is 0.912 bits per heavy atom. The van der Waals surface area contributed by atoms with Gasteiger partial charge in [0.2, 0.25) is 5.95 Å². The zero-order chi connectivity index (χ0) is 22.9. The predicted octanol–water partition coefficient (Wildman–Crippen LogP) is 3.74. The van der Waals surface area contributed by atoms with E-state index >= 15 is 0 Å². The minimum atomic E-state index is 0.513. The molecule has 0 amide bonds. The van der Waals surface area contributed by atoms with E-state index in [0.29, 0.717) is 23.2 Å². The highest BCUT2D eigenvalue weighted by molar-refractivity contribution is 5.79. The van der Waals surface area contributed by atoms with Gasteiger partial charge in [-0.25, -0.2) is 19.9 Å². The number of methoxy groups -OCH3 is 1. The quantitative estimate of drug-likeness (QED) is 0.423. The number of nitrogens with zero attached hydrogens (tertiary/aromatic N) is 6. The van der Waals surface area contributed by atoms with Gasteiger partial charge in [-0.3, -0.25) is 5.10 Å². The first-order chi connectivity index (χ1) is 16.7. The number of aromatic nitrogens is 6. The molecule has 0 saturated heterocycles. The van der Waals surface area contributed by atoms with Crippen molar-refractivity contribution in [3.05, 3.63) is 89.5 Å². The molecule has 34 heavy (non-hydrogen) atoms. The van der Waals surface area contributed by atoms with Crippen LogP contribution in [0.25, 0.3) is 22.4 Å². The van der Waals surface area contributed by atoms with Gasteiger partial charge in [0.05, 0.1) is 18.8 Å². The minimum absolute atomic E-state index is 0.513. The molecule has 8 nitrogen and oxygen atoms in total. The second-order valence-corrected chi connectivity index (χ2v) is 7.92. The Hall–Kier alpha value is -4.77. The first-order valence-electron chi connectivity index (χ1n) is 10.8. The SMILES string of the molecule is COc1ccc2c(c1)CN(c1nccc(-c3nccc(C#Cc4ccc5[nH]ncc5c4)n3)n1)C2. The number of anilines is 1. The second-order valence-electron chi connectivity index (χ2n) is 7.92. The molecule has 3 aromatic heterocycles. The van der Waals surface area contributed by atoms with Crippen molar-refractivity contribution in [2.45, 2.75) is 13.1 Å². The minimum Gasteiger partial charge on any atom is -0.497 e. The zero-order valence-electron chi connectivity index (χ0n) is 18.4. The van der Waals surface area contributed by atoms with E-state index in [2.05, 4.69) is 54.0 Å². The lowest BCUT2D eigenvalue weighted by Crippen LogP contribution is -2.17. The van der Waals surface area contributed by atoms with Crippen molar-refractivity contribution in [1.29, 1.82) is 0 Å². The average molecular weight is 445 g/mol. The van der Waals surface area contributed by atoms with Gasteiger partial charge in [-0.05, 0) is 59.5 Å². The Bertz CT molecular complexity index is 1580. The smallest absolute Gasteiger partial charge is 0.226 e. The topological polar surface area (TPSA) is 92.7 Å². The molecule has 0 atom stereocenters. The maximum absolute atomic E-state index is 5.35. The zero-order valence-corrected chi connectivity index (χ0v) is 18.4. The fourth-order valence-electron chi connectivity index (χ4n) is 3.97. The molecular formula is C26H19N7O. The normalized spacial score (nSPS) is 12.3. The Balaban J connectivity index is 1.25. The second kappa shape index (κ2) is 8.30. The first-order valence-corrected chi connectivity index (χ1v) is 10.8. The third-order valence-corrected chi connectivity index (χ3v) is 5.72. The van der Waals surface area contributed by atoms with Gasteiger partial charge in [0.1, 0.15) is 17.1 Å². The lowest BCUT2D eigenvalue weighted by molar-refractivity contribution is 0.414. The predicted molar refractivity (Wildman–Crippen MR) is 128 cm³/mol. The number of H-pyrrole nitrogens is 1. The number of ether oxygens (including phenoxy) is 1. The van der Waals surface area contributed by atoms with Gasteiger partial charge in [0.25, 0.3) is 0 Å². The summed E-state index contributed by atoms with van der Waals surface area (Å²) in [6.07, 6.45) is 5.22. The third kappa shape index (κ3) is 3.80. The number of hydrogen-bond donors (Lipinski definition) is 1. The van der Waals surface area contributed by atoms with Crippen LogP contribution in [0.2, 0.25) is 0 Å². The molecule has 0 unspecified atom stereocenters. The number of aromatic amines is 1. The summed E-state index contributed by atoms with van der Waals surface area (Å²) in [5, 5.41) is 8.01. The van der Waals surface area contributed by atoms with Crippen LogP contribution in [-0.2, 0) is 13.1 Å². The van der Waals surface area contributed by atoms with Crippen molar-refractivity contribution >= 4 is 16.9 Å². The van der Waals surface area contributed by atoms with Gasteiger partial charge in [0, 0.05) is 36.4 Å². The van der Waals surface area contributed by atoms with Crippen molar-refractivity contribution in [3.8, 4) is 29.1 Å². The number of rotatable bonds is 3. The number of nitrogens with one attached hydrogen (secondary N) is 1. The number of fused-ring (bicyclic) bond motifs is 2. The van der Waals surface area contributed by atoms with Gasteiger partial charge in [0.15, 0.2) is 5.82 Å². The van der Waals surface area contributed by atoms with Crippen LogP contribution in [0.15, 0.2) is 67.1 Å². The Labute approximate surface area is 195 Å². The highest BCUT2D eigenvalue weighted by atomic mass is 16.5. The summed E-state index contributed by atoms with van der Waals surface area (Å²) in [5.41, 5.74) is 5.62. The van der Waals surface area contributed by atoms with Crippen LogP contribution in [0.5, 0.6) is 5.75 Å². The van der Waals surface area contributed by atoms with Gasteiger partial charge in [-0.15, -0.1) is 0 Å². The lowest BCUT2D eigenvalue weighted by atomic mass is 10.1. The van der Waals surface area contributed by atoms with Crippen molar-refractivity contribution in [3.63, 3.8) is 0 Å². The van der Waals surface area contributed by atoms with Crippen LogP contribution in [0.4, 0.5) is 5.95 Å². The molecule has 1 N–H and O–H groups in total. The van der Waals surface area contributed by atoms with Gasteiger partial charge in [-0.1, -0.05) is 12.0 Å². The summed E-state index contributed by atoms with van der Waals surface area (Å²) in [5.74, 6) is 8.29. The molecule has 1 aliphatic heterocycles. The molecule has 0 bridgehead atoms. The highest BCUT2D eigenvalue weighted by Gasteiger charge is 2.22. The van der Waals surface area contributed by atoms with E-state index in [-0.39, 0.29) is 0 Å². The molecule has 164 valence electrons. The van der Waals surface area contributed by atoms with Gasteiger partial charge < -0.3 is 9.64 Å². The van der Waals surface area contributed by atoms with Crippen molar-refractivity contribution in [2.75, 3.05) is 12.0 Å². The Morgan fingerprint density at radius 3 is 2.76 bits per heavy atom. The molecule has 0 saturated carbocycles. The summed E-state index contributed by atoms with van der Waals surface area (Å²) in [6.45, 7) is 1.47. The number of hydrogen-bond acceptors (Lipinski definition) is 7. The maximum Gasteiger partial charge on any atom is 0.226 e. The van der Waals surface area contributed by atoms with Crippen molar-refractivity contribution < 1.29 is 4.74 Å². The van der Waals surface area contributed by atoms with Crippen molar-refractivity contribution in [1.82, 2.24) is 30.1 Å². The standard InChI is InChI=1S/C26H19N7O/c1-34-22-6-4-18-15-33(16-20(18)13-22)26-28-11-9-24(31-26)25-27-10-8-21(30-25)5-2-17-3-7-23-19(12-17)14-29-32-23/h3-4,6-14H,15-16H2,1H3,(H,29,32). The van der Waals surface area contributed by atoms with Crippen LogP contribution in [0.3, 0.4) is 0 Å². The summed E-state index contributed by atoms with van der Waals surface area (Å²) in [7, 11) is 1.68. The summed E-state index contributed by atoms with van der Waals surface area (Å²) in [6, 6.07) is 15.7. The molecule has 6 rings (SSSR count). The lowest BCUT2D eigenvalue weighted by Gasteiger charge is -2.15. The van der Waals surface area contributed by atoms with E-state index in [9.17, 15) is 0 Å². The van der Waals surface area contributed by atoms with Crippen LogP contribution in [0.1, 0.15) is 22.4 Å². The molecule has 0 radical (unpaired) electrons. The molecule has 8 heteroatoms. The van der Waals surface area contributed by atoms with E-state index < -0.39 is 0 Å². The molecule has 1 aliphatic rings. The van der Waals surface area contributed by atoms with E-state index in [1.165, 1.54) is 11.1 Å². The maximum atomic E-state index is 5.35. The van der Waals surface area contributed by atoms with Crippen LogP contribution >= 0.6 is 0 Å². The van der Waals surface area contributed by atoms with Gasteiger partial charge in [-0.2, -0.15) is 5.10 Å². The molecule has 5 aromatic rings. The van der Waals surface area contributed by atoms with Gasteiger partial charge >= 0.3 is 0 Å². The van der Waals surface area contributed by atoms with Crippen LogP contribution in [-0.4, -0.2) is 37.2 Å². The average Bonchev–Trinajstić information content (AvgIpc) is 3.54. The summed E-state index contributed by atoms with van der Waals surface area (Å²) >= 11 is 0. The van der Waals surface area contributed by atoms with E-state index in [1.54, 1.807) is 31.8 Å². The fraction of sp³-hybridized carbons (Fsp3) is 0.115. The Kier molecular flexibility index (Phi) is 4.85. The Morgan fingerprint density at radius 2 is 1.82 bits per heavy atom. The first kappa shape index (κ1) is 19.9. The summed E-state index contributed by atoms with van der Waals surface area (Å²) in [4.78, 5) is 20.4.